The molecule has 0 saturated carbocycles. The van der Waals surface area contributed by atoms with Crippen LogP contribution in [0.15, 0.2) is 0 Å². The van der Waals surface area contributed by atoms with Gasteiger partial charge in [0.25, 0.3) is 0 Å². The van der Waals surface area contributed by atoms with Crippen molar-refractivity contribution in [2.75, 3.05) is 106 Å². The Morgan fingerprint density at radius 2 is 0.811 bits per heavy atom. The van der Waals surface area contributed by atoms with Gasteiger partial charge in [0.05, 0.1) is 92.3 Å². The fourth-order valence-electron chi connectivity index (χ4n) is 2.96. The summed E-state index contributed by atoms with van der Waals surface area (Å²) in [5, 5.41) is 0. The number of carbonyl (C=O) groups is 1. The molecule has 0 spiro atoms. The average molecular weight is 536 g/mol. The lowest BCUT2D eigenvalue weighted by molar-refractivity contribution is -0.133. The van der Waals surface area contributed by atoms with Gasteiger partial charge in [-0.2, -0.15) is 0 Å². The van der Waals surface area contributed by atoms with Crippen LogP contribution in [0, 0.1) is 10.8 Å². The molecular formula is C28H57NO8. The second-order valence-corrected chi connectivity index (χ2v) is 11.4. The first-order chi connectivity index (χ1) is 17.5. The molecule has 0 N–H and O–H groups in total. The highest BCUT2D eigenvalue weighted by molar-refractivity contribution is 5.76. The van der Waals surface area contributed by atoms with E-state index in [0.717, 1.165) is 25.9 Å². The molecule has 37 heavy (non-hydrogen) atoms. The Morgan fingerprint density at radius 3 is 1.11 bits per heavy atom. The summed E-state index contributed by atoms with van der Waals surface area (Å²) in [6.45, 7) is 21.6. The highest BCUT2D eigenvalue weighted by Crippen LogP contribution is 2.22. The molecule has 0 bridgehead atoms. The largest absolute Gasteiger partial charge is 0.382 e. The van der Waals surface area contributed by atoms with Gasteiger partial charge in [-0.05, 0) is 23.7 Å². The van der Waals surface area contributed by atoms with Crippen LogP contribution in [0.25, 0.3) is 0 Å². The first-order valence-corrected chi connectivity index (χ1v) is 13.8. The van der Waals surface area contributed by atoms with Crippen LogP contribution in [-0.4, -0.2) is 117 Å². The number of hydrogen-bond acceptors (Lipinski definition) is 8. The van der Waals surface area contributed by atoms with E-state index in [-0.39, 0.29) is 16.7 Å². The van der Waals surface area contributed by atoms with Crippen LogP contribution in [0.2, 0.25) is 0 Å². The molecule has 0 aromatic rings. The Bertz CT molecular complexity index is 501. The fraction of sp³-hybridized carbons (Fsp3) is 0.964. The number of carbonyl (C=O) groups excluding carboxylic acids is 1. The molecule has 0 aromatic heterocycles. The summed E-state index contributed by atoms with van der Waals surface area (Å²) < 4.78 is 37.7. The Morgan fingerprint density at radius 1 is 0.514 bits per heavy atom. The van der Waals surface area contributed by atoms with Crippen molar-refractivity contribution in [3.8, 4) is 0 Å². The molecule has 9 heteroatoms. The third-order valence-corrected chi connectivity index (χ3v) is 5.37. The smallest absolute Gasteiger partial charge is 0.224 e. The van der Waals surface area contributed by atoms with Crippen LogP contribution >= 0.6 is 0 Å². The minimum atomic E-state index is 0.170. The molecule has 0 unspecified atom stereocenters. The summed E-state index contributed by atoms with van der Waals surface area (Å²) in [4.78, 5) is 14.7. The van der Waals surface area contributed by atoms with E-state index in [9.17, 15) is 4.79 Å². The molecule has 1 amide bonds. The topological polar surface area (TPSA) is 84.9 Å². The predicted molar refractivity (Wildman–Crippen MR) is 146 cm³/mol. The van der Waals surface area contributed by atoms with Crippen molar-refractivity contribution in [2.24, 2.45) is 10.8 Å². The van der Waals surface area contributed by atoms with E-state index < -0.39 is 0 Å². The van der Waals surface area contributed by atoms with Gasteiger partial charge in [-0.15, -0.1) is 0 Å². The molecule has 222 valence electrons. The summed E-state index contributed by atoms with van der Waals surface area (Å²) in [5.74, 6) is 0.170. The first-order valence-electron chi connectivity index (χ1n) is 13.8. The summed E-state index contributed by atoms with van der Waals surface area (Å²) in [5.41, 5.74) is 0.417. The molecule has 0 aliphatic heterocycles. The Labute approximate surface area is 226 Å². The van der Waals surface area contributed by atoms with Crippen LogP contribution in [-0.2, 0) is 38.0 Å². The van der Waals surface area contributed by atoms with Crippen molar-refractivity contribution < 1.29 is 38.0 Å². The van der Waals surface area contributed by atoms with Crippen LogP contribution in [0.5, 0.6) is 0 Å². The maximum atomic E-state index is 12.7. The molecule has 0 saturated heterocycles. The minimum Gasteiger partial charge on any atom is -0.382 e. The van der Waals surface area contributed by atoms with Crippen molar-refractivity contribution in [3.63, 3.8) is 0 Å². The zero-order valence-electron chi connectivity index (χ0n) is 24.9. The van der Waals surface area contributed by atoms with E-state index in [1.807, 2.05) is 4.90 Å². The maximum absolute atomic E-state index is 12.7. The molecular weight excluding hydrogens is 478 g/mol. The van der Waals surface area contributed by atoms with Gasteiger partial charge in [-0.25, -0.2) is 0 Å². The van der Waals surface area contributed by atoms with Gasteiger partial charge in [-0.1, -0.05) is 41.5 Å². The van der Waals surface area contributed by atoms with E-state index in [1.54, 1.807) is 7.11 Å². The molecule has 0 heterocycles. The Kier molecular flexibility index (Phi) is 22.6. The molecule has 0 atom stereocenters. The number of nitrogens with zero attached hydrogens (tertiary/aromatic N) is 1. The zero-order chi connectivity index (χ0) is 27.8. The molecule has 0 fully saturated rings. The van der Waals surface area contributed by atoms with Crippen molar-refractivity contribution in [1.82, 2.24) is 4.90 Å². The van der Waals surface area contributed by atoms with E-state index >= 15 is 0 Å². The van der Waals surface area contributed by atoms with Crippen molar-refractivity contribution in [1.29, 1.82) is 0 Å². The van der Waals surface area contributed by atoms with Crippen molar-refractivity contribution in [2.45, 2.75) is 60.8 Å². The van der Waals surface area contributed by atoms with E-state index in [2.05, 4.69) is 41.5 Å². The lowest BCUT2D eigenvalue weighted by Crippen LogP contribution is -2.36. The number of rotatable bonds is 25. The lowest BCUT2D eigenvalue weighted by Gasteiger charge is -2.29. The SMILES string of the molecule is COCCOCCOCCOCCOCCOCCOCCC(=O)N(CCC(C)(C)C)CCC(C)(C)C. The molecule has 0 aliphatic rings. The van der Waals surface area contributed by atoms with Gasteiger partial charge in [0.15, 0.2) is 0 Å². The second-order valence-electron chi connectivity index (χ2n) is 11.4. The monoisotopic (exact) mass is 535 g/mol. The number of hydrogen-bond donors (Lipinski definition) is 0. The van der Waals surface area contributed by atoms with Gasteiger partial charge < -0.3 is 38.1 Å². The number of methoxy groups -OCH3 is 1. The first kappa shape index (κ1) is 36.2. The lowest BCUT2D eigenvalue weighted by atomic mass is 9.90. The molecule has 0 aliphatic carbocycles. The van der Waals surface area contributed by atoms with Crippen molar-refractivity contribution in [3.05, 3.63) is 0 Å². The van der Waals surface area contributed by atoms with E-state index in [1.165, 1.54) is 0 Å². The van der Waals surface area contributed by atoms with Crippen LogP contribution in [0.3, 0.4) is 0 Å². The van der Waals surface area contributed by atoms with Crippen LogP contribution < -0.4 is 0 Å². The van der Waals surface area contributed by atoms with Crippen LogP contribution in [0.1, 0.15) is 60.8 Å². The average Bonchev–Trinajstić information content (AvgIpc) is 2.81. The Balaban J connectivity index is 3.60. The quantitative estimate of drug-likeness (QED) is 0.163. The van der Waals surface area contributed by atoms with E-state index in [4.69, 9.17) is 33.2 Å². The summed E-state index contributed by atoms with van der Waals surface area (Å²) in [7, 11) is 1.65. The molecule has 9 nitrogen and oxygen atoms in total. The number of ether oxygens (including phenoxy) is 7. The molecule has 0 radical (unpaired) electrons. The minimum absolute atomic E-state index is 0.170. The summed E-state index contributed by atoms with van der Waals surface area (Å²) in [6, 6.07) is 0. The van der Waals surface area contributed by atoms with E-state index in [0.29, 0.717) is 92.3 Å². The molecule has 0 aromatic carbocycles. The third kappa shape index (κ3) is 28.0. The standard InChI is InChI=1S/C28H57NO8/c1-27(2,3)9-11-29(12-10-28(4,5)6)26(30)8-13-32-16-17-34-20-21-36-24-25-37-23-22-35-19-18-33-15-14-31-7/h8-25H2,1-7H3. The van der Waals surface area contributed by atoms with Crippen LogP contribution in [0.4, 0.5) is 0 Å². The van der Waals surface area contributed by atoms with Gasteiger partial charge in [-0.3, -0.25) is 4.79 Å². The van der Waals surface area contributed by atoms with Gasteiger partial charge in [0, 0.05) is 20.2 Å². The molecule has 0 rings (SSSR count). The second kappa shape index (κ2) is 23.1. The maximum Gasteiger partial charge on any atom is 0.224 e. The Hall–Kier alpha value is -0.810. The summed E-state index contributed by atoms with van der Waals surface area (Å²) in [6.07, 6.45) is 2.39. The number of amides is 1. The normalized spacial score (nSPS) is 12.3. The van der Waals surface area contributed by atoms with Gasteiger partial charge in [0.2, 0.25) is 5.91 Å². The third-order valence-electron chi connectivity index (χ3n) is 5.37. The fourth-order valence-corrected chi connectivity index (χ4v) is 2.96. The van der Waals surface area contributed by atoms with Crippen molar-refractivity contribution >= 4 is 5.91 Å². The predicted octanol–water partition coefficient (Wildman–Crippen LogP) is 3.82. The van der Waals surface area contributed by atoms with Gasteiger partial charge in [0.1, 0.15) is 0 Å². The zero-order valence-corrected chi connectivity index (χ0v) is 24.9. The highest BCUT2D eigenvalue weighted by Gasteiger charge is 2.20. The summed E-state index contributed by atoms with van der Waals surface area (Å²) >= 11 is 0. The van der Waals surface area contributed by atoms with Gasteiger partial charge >= 0.3 is 0 Å². The highest BCUT2D eigenvalue weighted by atomic mass is 16.6.